The van der Waals surface area contributed by atoms with E-state index < -0.39 is 10.5 Å². The summed E-state index contributed by atoms with van der Waals surface area (Å²) in [5.74, 6) is -0.213. The van der Waals surface area contributed by atoms with Crippen LogP contribution in [0, 0.1) is 16.0 Å². The quantitative estimate of drug-likeness (QED) is 0.527. The second kappa shape index (κ2) is 6.54. The van der Waals surface area contributed by atoms with Gasteiger partial charge in [0, 0.05) is 24.2 Å². The summed E-state index contributed by atoms with van der Waals surface area (Å²) in [6, 6.07) is 4.82. The molecule has 2 rings (SSSR count). The highest BCUT2D eigenvalue weighted by atomic mass is 16.6. The first-order chi connectivity index (χ1) is 10.8. The molecule has 0 spiro atoms. The van der Waals surface area contributed by atoms with E-state index in [4.69, 9.17) is 5.73 Å². The molecule has 1 atom stereocenters. The lowest BCUT2D eigenvalue weighted by molar-refractivity contribution is -0.384. The Hall–Kier alpha value is -2.15. The van der Waals surface area contributed by atoms with Crippen LogP contribution in [0.5, 0.6) is 0 Å². The first kappa shape index (κ1) is 17.2. The highest BCUT2D eigenvalue weighted by molar-refractivity contribution is 5.96. The van der Waals surface area contributed by atoms with Crippen molar-refractivity contribution in [1.29, 1.82) is 0 Å². The molecule has 1 aliphatic carbocycles. The highest BCUT2D eigenvalue weighted by Crippen LogP contribution is 2.31. The van der Waals surface area contributed by atoms with Crippen LogP contribution in [-0.4, -0.2) is 29.0 Å². The summed E-state index contributed by atoms with van der Waals surface area (Å²) in [5.41, 5.74) is 5.85. The van der Waals surface area contributed by atoms with Gasteiger partial charge in [-0.05, 0) is 37.8 Å². The van der Waals surface area contributed by atoms with Crippen LogP contribution in [0.25, 0.3) is 0 Å². The van der Waals surface area contributed by atoms with E-state index in [1.807, 2.05) is 20.8 Å². The number of nitrogens with two attached hydrogens (primary N) is 1. The Kier molecular flexibility index (Phi) is 4.89. The number of anilines is 1. The summed E-state index contributed by atoms with van der Waals surface area (Å²) in [4.78, 5) is 23.2. The van der Waals surface area contributed by atoms with Gasteiger partial charge in [-0.15, -0.1) is 0 Å². The molecule has 1 aromatic carbocycles. The fourth-order valence-electron chi connectivity index (χ4n) is 2.16. The van der Waals surface area contributed by atoms with Crippen molar-refractivity contribution in [3.05, 3.63) is 33.9 Å². The molecular formula is C16H24N4O3. The largest absolute Gasteiger partial charge is 0.377 e. The van der Waals surface area contributed by atoms with Crippen molar-refractivity contribution in [3.63, 3.8) is 0 Å². The topological polar surface area (TPSA) is 110 Å². The molecule has 4 N–H and O–H groups in total. The van der Waals surface area contributed by atoms with Crippen LogP contribution < -0.4 is 16.4 Å². The second-order valence-corrected chi connectivity index (χ2v) is 6.64. The van der Waals surface area contributed by atoms with Crippen molar-refractivity contribution >= 4 is 17.3 Å². The fraction of sp³-hybridized carbons (Fsp3) is 0.562. The van der Waals surface area contributed by atoms with Crippen molar-refractivity contribution in [2.75, 3.05) is 11.9 Å². The number of amides is 1. The zero-order valence-corrected chi connectivity index (χ0v) is 13.8. The van der Waals surface area contributed by atoms with Crippen molar-refractivity contribution < 1.29 is 9.72 Å². The van der Waals surface area contributed by atoms with Gasteiger partial charge in [-0.1, -0.05) is 13.8 Å². The molecule has 1 aliphatic rings. The van der Waals surface area contributed by atoms with Crippen molar-refractivity contribution in [2.45, 2.75) is 45.2 Å². The molecule has 0 radical (unpaired) electrons. The Balaban J connectivity index is 2.23. The normalized spacial score (nSPS) is 16.7. The zero-order valence-electron chi connectivity index (χ0n) is 13.8. The Labute approximate surface area is 135 Å². The van der Waals surface area contributed by atoms with Crippen LogP contribution >= 0.6 is 0 Å². The molecule has 1 saturated carbocycles. The number of nitro benzene ring substituents is 1. The molecule has 0 aliphatic heterocycles. The Bertz CT molecular complexity index is 613. The van der Waals surface area contributed by atoms with Gasteiger partial charge >= 0.3 is 0 Å². The van der Waals surface area contributed by atoms with Gasteiger partial charge in [-0.2, -0.15) is 0 Å². The van der Waals surface area contributed by atoms with Gasteiger partial charge in [0.05, 0.1) is 10.5 Å². The van der Waals surface area contributed by atoms with Crippen LogP contribution in [-0.2, 0) is 0 Å². The number of nitro groups is 1. The average molecular weight is 320 g/mol. The maximum Gasteiger partial charge on any atom is 0.293 e. The van der Waals surface area contributed by atoms with Gasteiger partial charge in [0.15, 0.2) is 0 Å². The number of nitrogens with one attached hydrogen (secondary N) is 2. The maximum atomic E-state index is 12.4. The summed E-state index contributed by atoms with van der Waals surface area (Å²) < 4.78 is 0. The number of rotatable bonds is 7. The molecule has 0 saturated heterocycles. The van der Waals surface area contributed by atoms with Crippen molar-refractivity contribution in [3.8, 4) is 0 Å². The summed E-state index contributed by atoms with van der Waals surface area (Å²) in [5, 5.41) is 17.3. The number of hydrogen-bond donors (Lipinski definition) is 3. The third-order valence-corrected chi connectivity index (χ3v) is 4.49. The predicted octanol–water partition coefficient (Wildman–Crippen LogP) is 2.27. The molecule has 1 unspecified atom stereocenters. The highest BCUT2D eigenvalue weighted by Gasteiger charge is 2.30. The summed E-state index contributed by atoms with van der Waals surface area (Å²) in [7, 11) is 0. The van der Waals surface area contributed by atoms with E-state index in [-0.39, 0.29) is 23.1 Å². The van der Waals surface area contributed by atoms with Crippen LogP contribution in [0.1, 0.15) is 44.0 Å². The molecule has 0 bridgehead atoms. The fourth-order valence-corrected chi connectivity index (χ4v) is 2.16. The Morgan fingerprint density at radius 3 is 2.61 bits per heavy atom. The van der Waals surface area contributed by atoms with E-state index in [0.717, 1.165) is 12.8 Å². The molecule has 1 aromatic rings. The smallest absolute Gasteiger partial charge is 0.293 e. The van der Waals surface area contributed by atoms with Crippen molar-refractivity contribution in [2.24, 2.45) is 11.7 Å². The van der Waals surface area contributed by atoms with E-state index in [1.165, 1.54) is 6.07 Å². The number of benzene rings is 1. The number of carbonyl (C=O) groups is 1. The molecule has 7 heteroatoms. The average Bonchev–Trinajstić information content (AvgIpc) is 3.30. The Morgan fingerprint density at radius 1 is 1.48 bits per heavy atom. The molecule has 7 nitrogen and oxygen atoms in total. The number of carbonyl (C=O) groups excluding carboxylic acids is 1. The second-order valence-electron chi connectivity index (χ2n) is 6.64. The summed E-state index contributed by atoms with van der Waals surface area (Å²) in [6.07, 6.45) is 2.03. The van der Waals surface area contributed by atoms with Gasteiger partial charge in [0.1, 0.15) is 5.69 Å². The third kappa shape index (κ3) is 3.98. The minimum absolute atomic E-state index is 0.0800. The van der Waals surface area contributed by atoms with E-state index in [0.29, 0.717) is 18.3 Å². The third-order valence-electron chi connectivity index (χ3n) is 4.49. The predicted molar refractivity (Wildman–Crippen MR) is 89.5 cm³/mol. The molecule has 0 aromatic heterocycles. The molecule has 126 valence electrons. The zero-order chi connectivity index (χ0) is 17.2. The van der Waals surface area contributed by atoms with Gasteiger partial charge in [0.2, 0.25) is 0 Å². The van der Waals surface area contributed by atoms with Gasteiger partial charge < -0.3 is 16.4 Å². The van der Waals surface area contributed by atoms with Crippen LogP contribution in [0.2, 0.25) is 0 Å². The first-order valence-electron chi connectivity index (χ1n) is 7.84. The molecular weight excluding hydrogens is 296 g/mol. The lowest BCUT2D eigenvalue weighted by Crippen LogP contribution is -2.55. The minimum atomic E-state index is -0.559. The lowest BCUT2D eigenvalue weighted by atomic mass is 9.88. The molecule has 0 heterocycles. The van der Waals surface area contributed by atoms with Crippen LogP contribution in [0.3, 0.4) is 0 Å². The standard InChI is InChI=1S/C16H24N4O3/c1-10(2)16(3,9-17)19-15(21)11-4-7-13(18-12-5-6-12)14(8-11)20(22)23/h4,7-8,10,12,18H,5-6,9,17H2,1-3H3,(H,19,21). The van der Waals surface area contributed by atoms with Crippen LogP contribution in [0.4, 0.5) is 11.4 Å². The molecule has 1 amide bonds. The minimum Gasteiger partial charge on any atom is -0.377 e. The Morgan fingerprint density at radius 2 is 2.13 bits per heavy atom. The summed E-state index contributed by atoms with van der Waals surface area (Å²) >= 11 is 0. The van der Waals surface area contributed by atoms with Crippen molar-refractivity contribution in [1.82, 2.24) is 5.32 Å². The van der Waals surface area contributed by atoms with Crippen LogP contribution in [0.15, 0.2) is 18.2 Å². The SMILES string of the molecule is CC(C)C(C)(CN)NC(=O)c1ccc(NC2CC2)c([N+](=O)[O-])c1. The van der Waals surface area contributed by atoms with Gasteiger partial charge in [0.25, 0.3) is 11.6 Å². The lowest BCUT2D eigenvalue weighted by Gasteiger charge is -2.33. The number of hydrogen-bond acceptors (Lipinski definition) is 5. The van der Waals surface area contributed by atoms with E-state index in [2.05, 4.69) is 10.6 Å². The van der Waals surface area contributed by atoms with E-state index in [1.54, 1.807) is 12.1 Å². The van der Waals surface area contributed by atoms with Gasteiger partial charge in [-0.25, -0.2) is 0 Å². The summed E-state index contributed by atoms with van der Waals surface area (Å²) in [6.45, 7) is 6.10. The molecule has 1 fully saturated rings. The monoisotopic (exact) mass is 320 g/mol. The van der Waals surface area contributed by atoms with E-state index in [9.17, 15) is 14.9 Å². The molecule has 23 heavy (non-hydrogen) atoms. The number of nitrogens with zero attached hydrogens (tertiary/aromatic N) is 1. The van der Waals surface area contributed by atoms with E-state index >= 15 is 0 Å². The maximum absolute atomic E-state index is 12.4. The van der Waals surface area contributed by atoms with Gasteiger partial charge in [-0.3, -0.25) is 14.9 Å². The first-order valence-corrected chi connectivity index (χ1v) is 7.84.